The van der Waals surface area contributed by atoms with E-state index in [9.17, 15) is 0 Å². The smallest absolute Gasteiger partial charge is 0.191 e. The fourth-order valence-electron chi connectivity index (χ4n) is 2.39. The van der Waals surface area contributed by atoms with Crippen LogP contribution in [0.3, 0.4) is 0 Å². The highest BCUT2D eigenvalue weighted by Gasteiger charge is 2.01. The van der Waals surface area contributed by atoms with Gasteiger partial charge in [-0.15, -0.1) is 11.3 Å². The topological polar surface area (TPSA) is 54.9 Å². The summed E-state index contributed by atoms with van der Waals surface area (Å²) < 4.78 is 10.9. The van der Waals surface area contributed by atoms with E-state index < -0.39 is 0 Å². The summed E-state index contributed by atoms with van der Waals surface area (Å²) in [5, 5.41) is 6.67. The zero-order chi connectivity index (χ0) is 18.6. The lowest BCUT2D eigenvalue weighted by Gasteiger charge is -2.11. The standard InChI is InChI=1S/C20H29N3O2S/c1-4-18-10-11-19(26-18)14-23-20(21-2)22-12-5-13-25-15-16-6-8-17(24-3)9-7-16/h6-11H,4-5,12-15H2,1-3H3,(H2,21,22,23). The first-order valence-corrected chi connectivity index (χ1v) is 9.79. The molecule has 0 spiro atoms. The van der Waals surface area contributed by atoms with E-state index in [1.165, 1.54) is 9.75 Å². The van der Waals surface area contributed by atoms with Gasteiger partial charge in [0.15, 0.2) is 5.96 Å². The molecule has 142 valence electrons. The fourth-order valence-corrected chi connectivity index (χ4v) is 3.29. The Morgan fingerprint density at radius 2 is 1.85 bits per heavy atom. The van der Waals surface area contributed by atoms with Gasteiger partial charge < -0.3 is 20.1 Å². The van der Waals surface area contributed by atoms with Crippen LogP contribution < -0.4 is 15.4 Å². The minimum Gasteiger partial charge on any atom is -0.497 e. The quantitative estimate of drug-likeness (QED) is 0.379. The van der Waals surface area contributed by atoms with Crippen LogP contribution >= 0.6 is 11.3 Å². The van der Waals surface area contributed by atoms with Gasteiger partial charge in [-0.05, 0) is 42.7 Å². The van der Waals surface area contributed by atoms with E-state index in [2.05, 4.69) is 34.7 Å². The van der Waals surface area contributed by atoms with E-state index in [0.717, 1.165) is 43.2 Å². The molecule has 1 aromatic carbocycles. The molecule has 0 aliphatic heterocycles. The molecule has 0 atom stereocenters. The second kappa shape index (κ2) is 11.5. The molecule has 0 saturated carbocycles. The second-order valence-corrected chi connectivity index (χ2v) is 7.08. The SMILES string of the molecule is CCc1ccc(CNC(=NC)NCCCOCc2ccc(OC)cc2)s1. The van der Waals surface area contributed by atoms with Crippen molar-refractivity contribution in [2.75, 3.05) is 27.3 Å². The number of nitrogens with one attached hydrogen (secondary N) is 2. The van der Waals surface area contributed by atoms with Crippen molar-refractivity contribution in [2.45, 2.75) is 32.9 Å². The number of nitrogens with zero attached hydrogens (tertiary/aromatic N) is 1. The van der Waals surface area contributed by atoms with Crippen molar-refractivity contribution in [2.24, 2.45) is 4.99 Å². The van der Waals surface area contributed by atoms with Gasteiger partial charge in [0.25, 0.3) is 0 Å². The van der Waals surface area contributed by atoms with Gasteiger partial charge in [0.1, 0.15) is 5.75 Å². The van der Waals surface area contributed by atoms with E-state index in [0.29, 0.717) is 13.2 Å². The molecule has 0 radical (unpaired) electrons. The predicted molar refractivity (Wildman–Crippen MR) is 109 cm³/mol. The molecule has 1 heterocycles. The first-order valence-electron chi connectivity index (χ1n) is 8.98. The Balaban J connectivity index is 1.57. The largest absolute Gasteiger partial charge is 0.497 e. The first kappa shape index (κ1) is 20.3. The first-order chi connectivity index (χ1) is 12.7. The van der Waals surface area contributed by atoms with Crippen LogP contribution in [-0.4, -0.2) is 33.3 Å². The number of thiophene rings is 1. The second-order valence-electron chi connectivity index (χ2n) is 5.83. The number of rotatable bonds is 10. The molecule has 0 aliphatic rings. The number of guanidine groups is 1. The molecule has 5 nitrogen and oxygen atoms in total. The Kier molecular flexibility index (Phi) is 9.00. The lowest BCUT2D eigenvalue weighted by atomic mass is 10.2. The average molecular weight is 376 g/mol. The molecule has 0 bridgehead atoms. The minimum atomic E-state index is 0.620. The molecular weight excluding hydrogens is 346 g/mol. The van der Waals surface area contributed by atoms with Crippen molar-refractivity contribution in [3.63, 3.8) is 0 Å². The van der Waals surface area contributed by atoms with Gasteiger partial charge in [-0.25, -0.2) is 0 Å². The van der Waals surface area contributed by atoms with E-state index >= 15 is 0 Å². The summed E-state index contributed by atoms with van der Waals surface area (Å²) in [7, 11) is 3.46. The molecule has 0 unspecified atom stereocenters. The summed E-state index contributed by atoms with van der Waals surface area (Å²) >= 11 is 1.85. The molecule has 2 N–H and O–H groups in total. The number of aliphatic imine (C=N–C) groups is 1. The minimum absolute atomic E-state index is 0.620. The lowest BCUT2D eigenvalue weighted by molar-refractivity contribution is 0.119. The average Bonchev–Trinajstić information content (AvgIpc) is 3.15. The number of aryl methyl sites for hydroxylation is 1. The summed E-state index contributed by atoms with van der Waals surface area (Å²) in [6.45, 7) is 5.14. The lowest BCUT2D eigenvalue weighted by Crippen LogP contribution is -2.37. The Bertz CT molecular complexity index is 668. The number of hydrogen-bond donors (Lipinski definition) is 2. The van der Waals surface area contributed by atoms with Gasteiger partial charge in [-0.1, -0.05) is 19.1 Å². The van der Waals surface area contributed by atoms with Gasteiger partial charge in [0.2, 0.25) is 0 Å². The molecule has 2 aromatic rings. The summed E-state index contributed by atoms with van der Waals surface area (Å²) in [6, 6.07) is 12.3. The summed E-state index contributed by atoms with van der Waals surface area (Å²) in [6.07, 6.45) is 2.02. The highest BCUT2D eigenvalue weighted by atomic mass is 32.1. The summed E-state index contributed by atoms with van der Waals surface area (Å²) in [4.78, 5) is 7.00. The third kappa shape index (κ3) is 7.06. The Hall–Kier alpha value is -2.05. The van der Waals surface area contributed by atoms with Gasteiger partial charge in [0, 0.05) is 30.0 Å². The zero-order valence-electron chi connectivity index (χ0n) is 15.9. The van der Waals surface area contributed by atoms with Gasteiger partial charge in [0.05, 0.1) is 20.3 Å². The van der Waals surface area contributed by atoms with Crippen molar-refractivity contribution in [3.05, 3.63) is 51.7 Å². The van der Waals surface area contributed by atoms with Crippen molar-refractivity contribution in [1.82, 2.24) is 10.6 Å². The van der Waals surface area contributed by atoms with Crippen LogP contribution in [0.5, 0.6) is 5.75 Å². The van der Waals surface area contributed by atoms with E-state index in [4.69, 9.17) is 9.47 Å². The highest BCUT2D eigenvalue weighted by Crippen LogP contribution is 2.16. The Morgan fingerprint density at radius 3 is 2.50 bits per heavy atom. The number of hydrogen-bond acceptors (Lipinski definition) is 4. The molecule has 1 aromatic heterocycles. The number of benzene rings is 1. The Labute approximate surface area is 160 Å². The van der Waals surface area contributed by atoms with Crippen LogP contribution in [0.25, 0.3) is 0 Å². The maximum atomic E-state index is 5.71. The van der Waals surface area contributed by atoms with Crippen molar-refractivity contribution < 1.29 is 9.47 Å². The van der Waals surface area contributed by atoms with Crippen LogP contribution in [0, 0.1) is 0 Å². The molecule has 0 fully saturated rings. The fraction of sp³-hybridized carbons (Fsp3) is 0.450. The van der Waals surface area contributed by atoms with E-state index in [-0.39, 0.29) is 0 Å². The van der Waals surface area contributed by atoms with Crippen LogP contribution in [-0.2, 0) is 24.3 Å². The predicted octanol–water partition coefficient (Wildman–Crippen LogP) is 3.59. The van der Waals surface area contributed by atoms with Crippen molar-refractivity contribution in [1.29, 1.82) is 0 Å². The normalized spacial score (nSPS) is 11.4. The summed E-state index contributed by atoms with van der Waals surface area (Å²) in [5.41, 5.74) is 1.15. The van der Waals surface area contributed by atoms with Gasteiger partial charge in [-0.3, -0.25) is 4.99 Å². The zero-order valence-corrected chi connectivity index (χ0v) is 16.7. The molecule has 0 amide bonds. The van der Waals surface area contributed by atoms with Crippen molar-refractivity contribution >= 4 is 17.3 Å². The highest BCUT2D eigenvalue weighted by molar-refractivity contribution is 7.11. The third-order valence-electron chi connectivity index (χ3n) is 3.91. The van der Waals surface area contributed by atoms with Gasteiger partial charge in [-0.2, -0.15) is 0 Å². The third-order valence-corrected chi connectivity index (χ3v) is 5.13. The molecule has 26 heavy (non-hydrogen) atoms. The summed E-state index contributed by atoms with van der Waals surface area (Å²) in [5.74, 6) is 1.69. The number of methoxy groups -OCH3 is 1. The molecule has 2 rings (SSSR count). The van der Waals surface area contributed by atoms with Crippen LogP contribution in [0.1, 0.15) is 28.7 Å². The molecule has 6 heteroatoms. The monoisotopic (exact) mass is 375 g/mol. The van der Waals surface area contributed by atoms with Crippen molar-refractivity contribution in [3.8, 4) is 5.75 Å². The maximum Gasteiger partial charge on any atom is 0.191 e. The van der Waals surface area contributed by atoms with Crippen LogP contribution in [0.2, 0.25) is 0 Å². The molecule has 0 saturated heterocycles. The molecular formula is C20H29N3O2S. The maximum absolute atomic E-state index is 5.71. The number of ether oxygens (including phenoxy) is 2. The van der Waals surface area contributed by atoms with Crippen LogP contribution in [0.15, 0.2) is 41.4 Å². The van der Waals surface area contributed by atoms with Crippen LogP contribution in [0.4, 0.5) is 0 Å². The van der Waals surface area contributed by atoms with E-state index in [1.54, 1.807) is 14.2 Å². The van der Waals surface area contributed by atoms with E-state index in [1.807, 2.05) is 35.6 Å². The Morgan fingerprint density at radius 1 is 1.08 bits per heavy atom. The molecule has 0 aliphatic carbocycles. The van der Waals surface area contributed by atoms with Gasteiger partial charge >= 0.3 is 0 Å².